The summed E-state index contributed by atoms with van der Waals surface area (Å²) in [6, 6.07) is 0.240. The van der Waals surface area contributed by atoms with E-state index in [0.29, 0.717) is 6.54 Å². The van der Waals surface area contributed by atoms with Crippen molar-refractivity contribution < 1.29 is 14.6 Å². The summed E-state index contributed by atoms with van der Waals surface area (Å²) in [6.07, 6.45) is 3.86. The van der Waals surface area contributed by atoms with E-state index in [0.717, 1.165) is 25.7 Å². The maximum Gasteiger partial charge on any atom is 0.319 e. The molecule has 0 heterocycles. The lowest BCUT2D eigenvalue weighted by Crippen LogP contribution is -2.46. The molecule has 0 aromatic carbocycles. The van der Waals surface area contributed by atoms with Crippen molar-refractivity contribution in [2.24, 2.45) is 0 Å². The van der Waals surface area contributed by atoms with Gasteiger partial charge in [0.15, 0.2) is 0 Å². The summed E-state index contributed by atoms with van der Waals surface area (Å²) in [5.41, 5.74) is -0.599. The lowest BCUT2D eigenvalue weighted by atomic mass is 10.0. The van der Waals surface area contributed by atoms with E-state index < -0.39 is 5.60 Å². The number of carbonyl (C=O) groups excluding carboxylic acids is 1. The van der Waals surface area contributed by atoms with E-state index in [2.05, 4.69) is 4.74 Å². The third-order valence-corrected chi connectivity index (χ3v) is 3.32. The van der Waals surface area contributed by atoms with Crippen molar-refractivity contribution in [1.29, 1.82) is 0 Å². The molecule has 0 amide bonds. The van der Waals surface area contributed by atoms with Crippen molar-refractivity contribution in [2.45, 2.75) is 51.2 Å². The third kappa shape index (κ3) is 3.76. The van der Waals surface area contributed by atoms with E-state index in [1.807, 2.05) is 18.7 Å². The molecule has 1 N–H and O–H groups in total. The monoisotopic (exact) mass is 229 g/mol. The second-order valence-corrected chi connectivity index (χ2v) is 5.01. The summed E-state index contributed by atoms with van der Waals surface area (Å²) in [5, 5.41) is 10.3. The summed E-state index contributed by atoms with van der Waals surface area (Å²) in [6.45, 7) is 4.89. The zero-order valence-electron chi connectivity index (χ0n) is 10.5. The molecular weight excluding hydrogens is 206 g/mol. The Kier molecular flexibility index (Phi) is 4.74. The van der Waals surface area contributed by atoms with Crippen LogP contribution in [0.25, 0.3) is 0 Å². The van der Waals surface area contributed by atoms with Crippen molar-refractivity contribution in [3.63, 3.8) is 0 Å². The Morgan fingerprint density at radius 1 is 1.44 bits per heavy atom. The van der Waals surface area contributed by atoms with Gasteiger partial charge in [-0.1, -0.05) is 12.8 Å². The molecule has 0 atom stereocenters. The van der Waals surface area contributed by atoms with E-state index in [-0.39, 0.29) is 18.6 Å². The van der Waals surface area contributed by atoms with Crippen LogP contribution in [0, 0.1) is 0 Å². The minimum Gasteiger partial charge on any atom is -0.468 e. The third-order valence-electron chi connectivity index (χ3n) is 3.32. The van der Waals surface area contributed by atoms with Crippen LogP contribution < -0.4 is 0 Å². The second-order valence-electron chi connectivity index (χ2n) is 5.01. The van der Waals surface area contributed by atoms with E-state index in [1.165, 1.54) is 7.11 Å². The first-order valence-electron chi connectivity index (χ1n) is 6.00. The number of methoxy groups -OCH3 is 1. The standard InChI is InChI=1S/C12H23NO3/c1-10(2)13(8-11(14)16-3)9-12(15)6-4-5-7-12/h10,15H,4-9H2,1-3H3. The van der Waals surface area contributed by atoms with Crippen LogP contribution in [0.3, 0.4) is 0 Å². The highest BCUT2D eigenvalue weighted by molar-refractivity contribution is 5.71. The van der Waals surface area contributed by atoms with Gasteiger partial charge in [0.25, 0.3) is 0 Å². The Balaban J connectivity index is 2.53. The van der Waals surface area contributed by atoms with E-state index in [4.69, 9.17) is 0 Å². The van der Waals surface area contributed by atoms with Crippen LogP contribution in [-0.2, 0) is 9.53 Å². The number of esters is 1. The molecule has 0 saturated heterocycles. The Labute approximate surface area is 97.6 Å². The van der Waals surface area contributed by atoms with Crippen LogP contribution in [0.5, 0.6) is 0 Å². The summed E-state index contributed by atoms with van der Waals surface area (Å²) in [4.78, 5) is 13.2. The molecule has 1 fully saturated rings. The molecule has 0 aromatic rings. The zero-order chi connectivity index (χ0) is 12.2. The van der Waals surface area contributed by atoms with Gasteiger partial charge in [-0.05, 0) is 26.7 Å². The zero-order valence-corrected chi connectivity index (χ0v) is 10.5. The fourth-order valence-corrected chi connectivity index (χ4v) is 2.22. The minimum atomic E-state index is -0.599. The lowest BCUT2D eigenvalue weighted by Gasteiger charge is -2.33. The number of aliphatic hydroxyl groups is 1. The molecule has 4 heteroatoms. The molecule has 1 saturated carbocycles. The molecule has 1 aliphatic carbocycles. The van der Waals surface area contributed by atoms with Gasteiger partial charge in [-0.2, -0.15) is 0 Å². The fourth-order valence-electron chi connectivity index (χ4n) is 2.22. The SMILES string of the molecule is COC(=O)CN(CC1(O)CCCC1)C(C)C. The van der Waals surface area contributed by atoms with Crippen LogP contribution >= 0.6 is 0 Å². The van der Waals surface area contributed by atoms with Gasteiger partial charge in [0.2, 0.25) is 0 Å². The summed E-state index contributed by atoms with van der Waals surface area (Å²) >= 11 is 0. The normalized spacial score (nSPS) is 19.4. The highest BCUT2D eigenvalue weighted by Gasteiger charge is 2.34. The predicted octanol–water partition coefficient (Wildman–Crippen LogP) is 1.17. The molecule has 1 rings (SSSR count). The molecule has 0 unspecified atom stereocenters. The number of hydrogen-bond donors (Lipinski definition) is 1. The van der Waals surface area contributed by atoms with E-state index in [9.17, 15) is 9.90 Å². The summed E-state index contributed by atoms with van der Waals surface area (Å²) < 4.78 is 4.67. The van der Waals surface area contributed by atoms with Crippen LogP contribution in [0.1, 0.15) is 39.5 Å². The topological polar surface area (TPSA) is 49.8 Å². The predicted molar refractivity (Wildman–Crippen MR) is 62.1 cm³/mol. The van der Waals surface area contributed by atoms with Gasteiger partial charge in [-0.15, -0.1) is 0 Å². The first-order valence-corrected chi connectivity index (χ1v) is 6.00. The van der Waals surface area contributed by atoms with Crippen molar-refractivity contribution in [3.05, 3.63) is 0 Å². The van der Waals surface area contributed by atoms with Gasteiger partial charge in [0, 0.05) is 12.6 Å². The summed E-state index contributed by atoms with van der Waals surface area (Å²) in [5.74, 6) is -0.240. The molecule has 0 aromatic heterocycles. The molecule has 94 valence electrons. The Morgan fingerprint density at radius 2 is 2.00 bits per heavy atom. The number of nitrogens with zero attached hydrogens (tertiary/aromatic N) is 1. The Hall–Kier alpha value is -0.610. The Morgan fingerprint density at radius 3 is 2.44 bits per heavy atom. The number of ether oxygens (including phenoxy) is 1. The molecule has 0 radical (unpaired) electrons. The van der Waals surface area contributed by atoms with Crippen molar-refractivity contribution >= 4 is 5.97 Å². The number of hydrogen-bond acceptors (Lipinski definition) is 4. The average Bonchev–Trinajstić information content (AvgIpc) is 2.63. The molecule has 0 aliphatic heterocycles. The van der Waals surface area contributed by atoms with Crippen molar-refractivity contribution in [1.82, 2.24) is 4.90 Å². The van der Waals surface area contributed by atoms with Crippen LogP contribution in [0.15, 0.2) is 0 Å². The van der Waals surface area contributed by atoms with Gasteiger partial charge >= 0.3 is 5.97 Å². The lowest BCUT2D eigenvalue weighted by molar-refractivity contribution is -0.143. The van der Waals surface area contributed by atoms with Gasteiger partial charge in [0.1, 0.15) is 0 Å². The fraction of sp³-hybridized carbons (Fsp3) is 0.917. The van der Waals surface area contributed by atoms with Crippen molar-refractivity contribution in [2.75, 3.05) is 20.2 Å². The first kappa shape index (κ1) is 13.5. The van der Waals surface area contributed by atoms with Gasteiger partial charge in [0.05, 0.1) is 19.3 Å². The molecular formula is C12H23NO3. The molecule has 4 nitrogen and oxygen atoms in total. The first-order chi connectivity index (χ1) is 7.47. The summed E-state index contributed by atoms with van der Waals surface area (Å²) in [7, 11) is 1.39. The average molecular weight is 229 g/mol. The van der Waals surface area contributed by atoms with E-state index in [1.54, 1.807) is 0 Å². The quantitative estimate of drug-likeness (QED) is 0.719. The minimum absolute atomic E-state index is 0.240. The smallest absolute Gasteiger partial charge is 0.319 e. The largest absolute Gasteiger partial charge is 0.468 e. The Bertz CT molecular complexity index is 234. The van der Waals surface area contributed by atoms with Gasteiger partial charge in [-0.25, -0.2) is 0 Å². The highest BCUT2D eigenvalue weighted by atomic mass is 16.5. The molecule has 0 spiro atoms. The molecule has 0 bridgehead atoms. The van der Waals surface area contributed by atoms with Crippen LogP contribution in [0.4, 0.5) is 0 Å². The molecule has 16 heavy (non-hydrogen) atoms. The molecule has 1 aliphatic rings. The van der Waals surface area contributed by atoms with Gasteiger partial charge < -0.3 is 9.84 Å². The maximum absolute atomic E-state index is 11.3. The van der Waals surface area contributed by atoms with Crippen molar-refractivity contribution in [3.8, 4) is 0 Å². The van der Waals surface area contributed by atoms with Gasteiger partial charge in [-0.3, -0.25) is 9.69 Å². The van der Waals surface area contributed by atoms with Crippen LogP contribution in [0.2, 0.25) is 0 Å². The highest BCUT2D eigenvalue weighted by Crippen LogP contribution is 2.30. The van der Waals surface area contributed by atoms with E-state index >= 15 is 0 Å². The van der Waals surface area contributed by atoms with Crippen LogP contribution in [-0.4, -0.2) is 47.8 Å². The second kappa shape index (κ2) is 5.64. The number of carbonyl (C=O) groups is 1. The number of rotatable bonds is 5. The maximum atomic E-state index is 11.3.